The Morgan fingerprint density at radius 1 is 1.03 bits per heavy atom. The summed E-state index contributed by atoms with van der Waals surface area (Å²) in [7, 11) is 0. The zero-order valence-corrected chi connectivity index (χ0v) is 19.7. The van der Waals surface area contributed by atoms with Crippen molar-refractivity contribution in [2.45, 2.75) is 58.7 Å². The van der Waals surface area contributed by atoms with Gasteiger partial charge in [0.05, 0.1) is 5.56 Å². The molecule has 1 unspecified atom stereocenters. The van der Waals surface area contributed by atoms with Crippen LogP contribution in [-0.4, -0.2) is 45.9 Å². The van der Waals surface area contributed by atoms with E-state index in [1.165, 1.54) is 12.1 Å². The fraction of sp³-hybridized carbons (Fsp3) is 0.462. The van der Waals surface area contributed by atoms with Crippen molar-refractivity contribution in [1.29, 1.82) is 0 Å². The lowest BCUT2D eigenvalue weighted by Crippen LogP contribution is -2.66. The van der Waals surface area contributed by atoms with E-state index >= 15 is 0 Å². The van der Waals surface area contributed by atoms with E-state index < -0.39 is 28.7 Å². The molecule has 0 spiro atoms. The normalized spacial score (nSPS) is 17.4. The maximum Gasteiger partial charge on any atom is 0.410 e. The number of carbonyl (C=O) groups excluding carboxylic acids is 1. The summed E-state index contributed by atoms with van der Waals surface area (Å²) in [6.07, 6.45) is -0.424. The second-order valence-electron chi connectivity index (χ2n) is 10.3. The third-order valence-corrected chi connectivity index (χ3v) is 6.13. The van der Waals surface area contributed by atoms with Gasteiger partial charge >= 0.3 is 12.1 Å². The number of aromatic carboxylic acids is 1. The number of aliphatic hydroxyl groups is 1. The van der Waals surface area contributed by atoms with E-state index in [1.807, 2.05) is 52.0 Å². The van der Waals surface area contributed by atoms with Crippen LogP contribution in [0.5, 0.6) is 0 Å². The van der Waals surface area contributed by atoms with Crippen molar-refractivity contribution in [3.8, 4) is 0 Å². The highest BCUT2D eigenvalue weighted by atomic mass is 16.6. The molecular formula is C26H33NO5. The molecule has 1 aliphatic heterocycles. The van der Waals surface area contributed by atoms with Crippen LogP contribution >= 0.6 is 0 Å². The van der Waals surface area contributed by atoms with Crippen LogP contribution in [0.2, 0.25) is 0 Å². The number of likely N-dealkylation sites (tertiary alicyclic amines) is 1. The Balaban J connectivity index is 2.03. The molecule has 0 aromatic heterocycles. The first kappa shape index (κ1) is 23.8. The Bertz CT molecular complexity index is 1000. The lowest BCUT2D eigenvalue weighted by atomic mass is 9.61. The van der Waals surface area contributed by atoms with Gasteiger partial charge < -0.3 is 19.8 Å². The Labute approximate surface area is 189 Å². The monoisotopic (exact) mass is 439 g/mol. The van der Waals surface area contributed by atoms with Crippen molar-refractivity contribution in [2.75, 3.05) is 13.1 Å². The molecule has 1 amide bonds. The van der Waals surface area contributed by atoms with Gasteiger partial charge in [-0.05, 0) is 55.5 Å². The van der Waals surface area contributed by atoms with Crippen LogP contribution in [0.15, 0.2) is 48.5 Å². The van der Waals surface area contributed by atoms with Crippen LogP contribution in [0.1, 0.15) is 74.5 Å². The number of carboxylic acid groups (broad SMARTS) is 1. The number of carboxylic acids is 1. The van der Waals surface area contributed by atoms with Gasteiger partial charge in [0.25, 0.3) is 0 Å². The molecule has 2 N–H and O–H groups in total. The summed E-state index contributed by atoms with van der Waals surface area (Å²) in [5.74, 6) is -0.715. The predicted molar refractivity (Wildman–Crippen MR) is 123 cm³/mol. The van der Waals surface area contributed by atoms with Crippen molar-refractivity contribution >= 4 is 12.1 Å². The van der Waals surface area contributed by atoms with Crippen molar-refractivity contribution in [1.82, 2.24) is 4.90 Å². The van der Waals surface area contributed by atoms with Gasteiger partial charge in [-0.15, -0.1) is 0 Å². The minimum atomic E-state index is -1.49. The maximum absolute atomic E-state index is 12.5. The Kier molecular flexibility index (Phi) is 6.13. The lowest BCUT2D eigenvalue weighted by Gasteiger charge is -2.56. The van der Waals surface area contributed by atoms with Crippen LogP contribution in [-0.2, 0) is 10.3 Å². The van der Waals surface area contributed by atoms with Gasteiger partial charge in [-0.25, -0.2) is 9.59 Å². The summed E-state index contributed by atoms with van der Waals surface area (Å²) in [6.45, 7) is 12.1. The summed E-state index contributed by atoms with van der Waals surface area (Å²) in [5.41, 5.74) is -0.442. The summed E-state index contributed by atoms with van der Waals surface area (Å²) in [4.78, 5) is 25.7. The molecular weight excluding hydrogens is 406 g/mol. The first-order valence-corrected chi connectivity index (χ1v) is 10.9. The second kappa shape index (κ2) is 8.24. The topological polar surface area (TPSA) is 87.1 Å². The molecule has 1 saturated heterocycles. The molecule has 0 aliphatic carbocycles. The molecule has 172 valence electrons. The first-order valence-electron chi connectivity index (χ1n) is 10.9. The molecule has 6 nitrogen and oxygen atoms in total. The van der Waals surface area contributed by atoms with E-state index in [1.54, 1.807) is 17.0 Å². The predicted octanol–water partition coefficient (Wildman–Crippen LogP) is 5.00. The standard InChI is InChI=1S/C26H33NO5/c1-17(2)18-10-12-20(13-11-18)26(31,21-9-7-8-19(14-21)22(28)29)25(6)15-27(16-25)23(30)32-24(3,4)5/h7-14,17,31H,15-16H2,1-6H3,(H,28,29). The molecule has 32 heavy (non-hydrogen) atoms. The third-order valence-electron chi connectivity index (χ3n) is 6.13. The van der Waals surface area contributed by atoms with Crippen LogP contribution in [0.25, 0.3) is 0 Å². The molecule has 3 rings (SSSR count). The molecule has 2 aromatic carbocycles. The third kappa shape index (κ3) is 4.37. The minimum Gasteiger partial charge on any atom is -0.478 e. The number of hydrogen-bond donors (Lipinski definition) is 2. The quantitative estimate of drug-likeness (QED) is 0.684. The average molecular weight is 440 g/mol. The molecule has 1 aliphatic rings. The van der Waals surface area contributed by atoms with E-state index in [2.05, 4.69) is 13.8 Å². The van der Waals surface area contributed by atoms with Gasteiger partial charge in [0.2, 0.25) is 0 Å². The number of nitrogens with zero attached hydrogens (tertiary/aromatic N) is 1. The molecule has 1 heterocycles. The number of ether oxygens (including phenoxy) is 1. The average Bonchev–Trinajstić information content (AvgIpc) is 2.69. The molecule has 6 heteroatoms. The number of benzene rings is 2. The van der Waals surface area contributed by atoms with Crippen LogP contribution < -0.4 is 0 Å². The summed E-state index contributed by atoms with van der Waals surface area (Å²) in [6, 6.07) is 14.2. The number of amides is 1. The van der Waals surface area contributed by atoms with E-state index in [4.69, 9.17) is 4.74 Å². The van der Waals surface area contributed by atoms with E-state index in [9.17, 15) is 19.8 Å². The van der Waals surface area contributed by atoms with Crippen LogP contribution in [0, 0.1) is 5.41 Å². The van der Waals surface area contributed by atoms with E-state index in [-0.39, 0.29) is 18.7 Å². The van der Waals surface area contributed by atoms with E-state index in [0.717, 1.165) is 5.56 Å². The molecule has 0 bridgehead atoms. The van der Waals surface area contributed by atoms with Crippen molar-refractivity contribution in [3.63, 3.8) is 0 Å². The summed E-state index contributed by atoms with van der Waals surface area (Å²) in [5, 5.41) is 21.7. The van der Waals surface area contributed by atoms with Crippen molar-refractivity contribution in [2.24, 2.45) is 5.41 Å². The number of carbonyl (C=O) groups is 2. The second-order valence-corrected chi connectivity index (χ2v) is 10.3. The molecule has 0 saturated carbocycles. The van der Waals surface area contributed by atoms with Crippen molar-refractivity contribution in [3.05, 3.63) is 70.8 Å². The zero-order chi connectivity index (χ0) is 23.9. The van der Waals surface area contributed by atoms with Gasteiger partial charge in [0.15, 0.2) is 0 Å². The summed E-state index contributed by atoms with van der Waals surface area (Å²) < 4.78 is 5.48. The van der Waals surface area contributed by atoms with Gasteiger partial charge in [-0.1, -0.05) is 57.2 Å². The Morgan fingerprint density at radius 3 is 2.12 bits per heavy atom. The van der Waals surface area contributed by atoms with Gasteiger partial charge in [-0.3, -0.25) is 0 Å². The molecule has 1 atom stereocenters. The van der Waals surface area contributed by atoms with Gasteiger partial charge in [0, 0.05) is 18.5 Å². The Hall–Kier alpha value is -2.86. The summed E-state index contributed by atoms with van der Waals surface area (Å²) >= 11 is 0. The Morgan fingerprint density at radius 2 is 1.62 bits per heavy atom. The number of hydrogen-bond acceptors (Lipinski definition) is 4. The van der Waals surface area contributed by atoms with Gasteiger partial charge in [0.1, 0.15) is 11.2 Å². The zero-order valence-electron chi connectivity index (χ0n) is 19.7. The van der Waals surface area contributed by atoms with E-state index in [0.29, 0.717) is 17.0 Å². The minimum absolute atomic E-state index is 0.103. The van der Waals surface area contributed by atoms with Gasteiger partial charge in [-0.2, -0.15) is 0 Å². The lowest BCUT2D eigenvalue weighted by molar-refractivity contribution is -0.131. The highest BCUT2D eigenvalue weighted by Crippen LogP contribution is 2.51. The smallest absolute Gasteiger partial charge is 0.410 e. The van der Waals surface area contributed by atoms with Crippen LogP contribution in [0.4, 0.5) is 4.79 Å². The fourth-order valence-corrected chi connectivity index (χ4v) is 4.33. The SMILES string of the molecule is CC(C)c1ccc(C(O)(c2cccc(C(=O)O)c2)C2(C)CN(C(=O)OC(C)(C)C)C2)cc1. The fourth-order valence-electron chi connectivity index (χ4n) is 4.33. The molecule has 1 fully saturated rings. The highest BCUT2D eigenvalue weighted by Gasteiger charge is 2.58. The molecule has 2 aromatic rings. The largest absolute Gasteiger partial charge is 0.478 e. The van der Waals surface area contributed by atoms with Crippen LogP contribution in [0.3, 0.4) is 0 Å². The first-order chi connectivity index (χ1) is 14.8. The maximum atomic E-state index is 12.5. The molecule has 0 radical (unpaired) electrons. The van der Waals surface area contributed by atoms with Crippen molar-refractivity contribution < 1.29 is 24.5 Å². The number of rotatable bonds is 5. The highest BCUT2D eigenvalue weighted by molar-refractivity contribution is 5.87.